The van der Waals surface area contributed by atoms with Gasteiger partial charge in [-0.25, -0.2) is 4.79 Å². The number of carbonyl (C=O) groups is 2. The number of benzene rings is 2. The molecule has 1 fully saturated rings. The van der Waals surface area contributed by atoms with Gasteiger partial charge in [0.25, 0.3) is 0 Å². The molecule has 0 saturated carbocycles. The van der Waals surface area contributed by atoms with Crippen LogP contribution in [0.25, 0.3) is 6.08 Å². The first-order chi connectivity index (χ1) is 15.6. The number of anilines is 2. The average Bonchev–Trinajstić information content (AvgIpc) is 2.77. The number of hydrogen-bond donors (Lipinski definition) is 1. The zero-order valence-corrected chi connectivity index (χ0v) is 21.0. The van der Waals surface area contributed by atoms with E-state index in [0.717, 1.165) is 15.7 Å². The minimum atomic E-state index is -0.518. The number of hydrogen-bond acceptors (Lipinski definition) is 5. The lowest BCUT2D eigenvalue weighted by Crippen LogP contribution is -2.50. The fraction of sp³-hybridized carbons (Fsp3) is 0.360. The smallest absolute Gasteiger partial charge is 0.410 e. The molecule has 2 amide bonds. The van der Waals surface area contributed by atoms with Crippen LogP contribution in [0, 0.1) is 0 Å². The van der Waals surface area contributed by atoms with Crippen molar-refractivity contribution in [2.45, 2.75) is 26.4 Å². The predicted octanol–water partition coefficient (Wildman–Crippen LogP) is 5.17. The van der Waals surface area contributed by atoms with Crippen LogP contribution in [-0.4, -0.2) is 55.8 Å². The van der Waals surface area contributed by atoms with Gasteiger partial charge in [-0.1, -0.05) is 28.1 Å². The van der Waals surface area contributed by atoms with Crippen LogP contribution < -0.4 is 15.0 Å². The lowest BCUT2D eigenvalue weighted by atomic mass is 10.2. The third-order valence-electron chi connectivity index (χ3n) is 5.02. The number of methoxy groups -OCH3 is 1. The first-order valence-electron chi connectivity index (χ1n) is 10.8. The van der Waals surface area contributed by atoms with Gasteiger partial charge < -0.3 is 24.6 Å². The Kier molecular flexibility index (Phi) is 8.02. The van der Waals surface area contributed by atoms with E-state index < -0.39 is 5.60 Å². The Hall–Kier alpha value is -3.00. The van der Waals surface area contributed by atoms with Crippen LogP contribution in [0.5, 0.6) is 5.75 Å². The summed E-state index contributed by atoms with van der Waals surface area (Å²) < 4.78 is 12.0. The maximum absolute atomic E-state index is 12.4. The van der Waals surface area contributed by atoms with Crippen molar-refractivity contribution in [1.82, 2.24) is 4.90 Å². The van der Waals surface area contributed by atoms with Crippen LogP contribution in [0.1, 0.15) is 26.3 Å². The number of carbonyl (C=O) groups excluding carboxylic acids is 2. The van der Waals surface area contributed by atoms with Gasteiger partial charge in [0.15, 0.2) is 0 Å². The molecule has 1 aliphatic rings. The summed E-state index contributed by atoms with van der Waals surface area (Å²) >= 11 is 3.40. The van der Waals surface area contributed by atoms with Crippen LogP contribution in [-0.2, 0) is 9.53 Å². The normalized spacial score (nSPS) is 14.3. The Morgan fingerprint density at radius 2 is 1.70 bits per heavy atom. The zero-order valence-electron chi connectivity index (χ0n) is 19.4. The molecule has 2 aromatic rings. The molecule has 176 valence electrons. The second kappa shape index (κ2) is 10.7. The van der Waals surface area contributed by atoms with E-state index in [9.17, 15) is 9.59 Å². The third kappa shape index (κ3) is 7.25. The largest absolute Gasteiger partial charge is 0.495 e. The minimum absolute atomic E-state index is 0.219. The summed E-state index contributed by atoms with van der Waals surface area (Å²) in [5.74, 6) is 0.493. The molecule has 1 heterocycles. The Morgan fingerprint density at radius 1 is 1.03 bits per heavy atom. The van der Waals surface area contributed by atoms with Crippen molar-refractivity contribution in [2.75, 3.05) is 43.5 Å². The molecular weight excluding hydrogens is 486 g/mol. The van der Waals surface area contributed by atoms with Crippen LogP contribution in [0.4, 0.5) is 16.2 Å². The van der Waals surface area contributed by atoms with E-state index in [1.54, 1.807) is 18.1 Å². The molecule has 0 aliphatic carbocycles. The fourth-order valence-electron chi connectivity index (χ4n) is 3.40. The molecule has 0 radical (unpaired) electrons. The van der Waals surface area contributed by atoms with Crippen LogP contribution >= 0.6 is 15.9 Å². The molecule has 0 aromatic heterocycles. The summed E-state index contributed by atoms with van der Waals surface area (Å²) in [7, 11) is 1.62. The lowest BCUT2D eigenvalue weighted by Gasteiger charge is -2.37. The number of rotatable bonds is 5. The molecule has 0 spiro atoms. The van der Waals surface area contributed by atoms with E-state index in [1.165, 1.54) is 6.08 Å². The van der Waals surface area contributed by atoms with Gasteiger partial charge >= 0.3 is 6.09 Å². The van der Waals surface area contributed by atoms with E-state index in [1.807, 2.05) is 63.2 Å². The fourth-order valence-corrected chi connectivity index (χ4v) is 3.67. The van der Waals surface area contributed by atoms with Crippen molar-refractivity contribution in [1.29, 1.82) is 0 Å². The molecule has 1 N–H and O–H groups in total. The van der Waals surface area contributed by atoms with Gasteiger partial charge in [0.1, 0.15) is 11.4 Å². The standard InChI is InChI=1S/C25H30BrN3O4/c1-25(2,3)33-24(31)29-15-13-28(14-16-29)21-17-20(10-11-22(21)32-4)27-23(30)12-7-18-5-8-19(26)9-6-18/h5-12,17H,13-16H2,1-4H3,(H,27,30). The van der Waals surface area contributed by atoms with Crippen LogP contribution in [0.3, 0.4) is 0 Å². The van der Waals surface area contributed by atoms with Crippen LogP contribution in [0.2, 0.25) is 0 Å². The van der Waals surface area contributed by atoms with Gasteiger partial charge in [0, 0.05) is 42.4 Å². The highest BCUT2D eigenvalue weighted by Crippen LogP contribution is 2.32. The maximum atomic E-state index is 12.4. The number of piperazine rings is 1. The number of amides is 2. The second-order valence-corrected chi connectivity index (χ2v) is 9.63. The molecule has 0 atom stereocenters. The molecule has 7 nitrogen and oxygen atoms in total. The molecule has 1 saturated heterocycles. The van der Waals surface area contributed by atoms with Crippen molar-refractivity contribution in [3.8, 4) is 5.75 Å². The van der Waals surface area contributed by atoms with E-state index in [2.05, 4.69) is 26.1 Å². The first-order valence-corrected chi connectivity index (χ1v) is 11.6. The van der Waals surface area contributed by atoms with Gasteiger partial charge in [-0.2, -0.15) is 0 Å². The Labute approximate surface area is 203 Å². The van der Waals surface area contributed by atoms with Crippen molar-refractivity contribution in [2.24, 2.45) is 0 Å². The van der Waals surface area contributed by atoms with Gasteiger partial charge in [0.2, 0.25) is 5.91 Å². The highest BCUT2D eigenvalue weighted by atomic mass is 79.9. The van der Waals surface area contributed by atoms with Crippen molar-refractivity contribution < 1.29 is 19.1 Å². The highest BCUT2D eigenvalue weighted by molar-refractivity contribution is 9.10. The van der Waals surface area contributed by atoms with Gasteiger partial charge in [-0.05, 0) is 62.7 Å². The van der Waals surface area contributed by atoms with Gasteiger partial charge in [0.05, 0.1) is 12.8 Å². The molecule has 33 heavy (non-hydrogen) atoms. The number of ether oxygens (including phenoxy) is 2. The average molecular weight is 516 g/mol. The van der Waals surface area contributed by atoms with Crippen molar-refractivity contribution in [3.63, 3.8) is 0 Å². The topological polar surface area (TPSA) is 71.1 Å². The Morgan fingerprint density at radius 3 is 2.30 bits per heavy atom. The van der Waals surface area contributed by atoms with Crippen molar-refractivity contribution >= 4 is 45.4 Å². The molecule has 1 aliphatic heterocycles. The summed E-state index contributed by atoms with van der Waals surface area (Å²) in [5, 5.41) is 2.91. The maximum Gasteiger partial charge on any atom is 0.410 e. The Bertz CT molecular complexity index is 1010. The van der Waals surface area contributed by atoms with Gasteiger partial charge in [-0.3, -0.25) is 4.79 Å². The predicted molar refractivity (Wildman–Crippen MR) is 135 cm³/mol. The molecule has 0 bridgehead atoms. The summed E-state index contributed by atoms with van der Waals surface area (Å²) in [6.07, 6.45) is 2.97. The first kappa shape index (κ1) is 24.6. The van der Waals surface area contributed by atoms with E-state index >= 15 is 0 Å². The molecule has 2 aromatic carbocycles. The van der Waals surface area contributed by atoms with Gasteiger partial charge in [-0.15, -0.1) is 0 Å². The Balaban J connectivity index is 1.64. The van der Waals surface area contributed by atoms with Crippen LogP contribution in [0.15, 0.2) is 53.0 Å². The SMILES string of the molecule is COc1ccc(NC(=O)C=Cc2ccc(Br)cc2)cc1N1CCN(C(=O)OC(C)(C)C)CC1. The number of halogens is 1. The molecule has 3 rings (SSSR count). The van der Waals surface area contributed by atoms with E-state index in [4.69, 9.17) is 9.47 Å². The monoisotopic (exact) mass is 515 g/mol. The summed E-state index contributed by atoms with van der Waals surface area (Å²) in [5.41, 5.74) is 1.96. The summed E-state index contributed by atoms with van der Waals surface area (Å²) in [6, 6.07) is 13.2. The van der Waals surface area contributed by atoms with E-state index in [-0.39, 0.29) is 12.0 Å². The molecule has 8 heteroatoms. The van der Waals surface area contributed by atoms with E-state index in [0.29, 0.717) is 37.6 Å². The summed E-state index contributed by atoms with van der Waals surface area (Å²) in [6.45, 7) is 7.95. The molecular formula is C25H30BrN3O4. The summed E-state index contributed by atoms with van der Waals surface area (Å²) in [4.78, 5) is 28.6. The van der Waals surface area contributed by atoms with Crippen molar-refractivity contribution in [3.05, 3.63) is 58.6 Å². The lowest BCUT2D eigenvalue weighted by molar-refractivity contribution is -0.111. The second-order valence-electron chi connectivity index (χ2n) is 8.72. The number of nitrogens with one attached hydrogen (secondary N) is 1. The minimum Gasteiger partial charge on any atom is -0.495 e. The molecule has 0 unspecified atom stereocenters. The quantitative estimate of drug-likeness (QED) is 0.556. The highest BCUT2D eigenvalue weighted by Gasteiger charge is 2.27. The number of nitrogens with zero attached hydrogens (tertiary/aromatic N) is 2. The third-order valence-corrected chi connectivity index (χ3v) is 5.54. The zero-order chi connectivity index (χ0) is 24.0.